The molecule has 0 saturated heterocycles. The van der Waals surface area contributed by atoms with Crippen molar-refractivity contribution in [1.29, 1.82) is 0 Å². The van der Waals surface area contributed by atoms with Crippen molar-refractivity contribution in [2.45, 2.75) is 26.3 Å². The molecule has 0 aromatic heterocycles. The molecule has 0 aliphatic carbocycles. The fourth-order valence-electron chi connectivity index (χ4n) is 1.86. The Morgan fingerprint density at radius 1 is 1.27 bits per heavy atom. The molecule has 0 aliphatic rings. The Morgan fingerprint density at radius 2 is 1.95 bits per heavy atom. The van der Waals surface area contributed by atoms with Crippen molar-refractivity contribution in [3.05, 3.63) is 35.4 Å². The summed E-state index contributed by atoms with van der Waals surface area (Å²) in [5, 5.41) is 4.95. The van der Waals surface area contributed by atoms with Gasteiger partial charge in [0, 0.05) is 23.9 Å². The summed E-state index contributed by atoms with van der Waals surface area (Å²) in [6, 6.07) is 1.94. The fourth-order valence-corrected chi connectivity index (χ4v) is 2.56. The topological polar surface area (TPSA) is 75.3 Å². The molecule has 1 aromatic carbocycles. The number of nitrogens with one attached hydrogen (secondary N) is 2. The fraction of sp³-hybridized carbons (Fsp3) is 0.500. The third kappa shape index (κ3) is 5.59. The van der Waals surface area contributed by atoms with Crippen LogP contribution in [0.15, 0.2) is 18.2 Å². The molecule has 1 unspecified atom stereocenters. The number of carbonyl (C=O) groups is 1. The van der Waals surface area contributed by atoms with Crippen LogP contribution in [0.5, 0.6) is 0 Å². The van der Waals surface area contributed by atoms with Gasteiger partial charge in [0.15, 0.2) is 9.84 Å². The van der Waals surface area contributed by atoms with Crippen LogP contribution in [0.2, 0.25) is 0 Å². The van der Waals surface area contributed by atoms with Gasteiger partial charge in [-0.05, 0) is 12.5 Å². The van der Waals surface area contributed by atoms with Crippen molar-refractivity contribution in [3.63, 3.8) is 0 Å². The van der Waals surface area contributed by atoms with Gasteiger partial charge in [0.2, 0.25) is 0 Å². The van der Waals surface area contributed by atoms with Crippen LogP contribution >= 0.6 is 0 Å². The average Bonchev–Trinajstić information content (AvgIpc) is 2.45. The number of hydrogen-bond donors (Lipinski definition) is 2. The van der Waals surface area contributed by atoms with Gasteiger partial charge in [-0.15, -0.1) is 0 Å². The van der Waals surface area contributed by atoms with E-state index in [0.717, 1.165) is 12.1 Å². The molecule has 1 aromatic rings. The van der Waals surface area contributed by atoms with Gasteiger partial charge in [-0.2, -0.15) is 0 Å². The van der Waals surface area contributed by atoms with Crippen molar-refractivity contribution < 1.29 is 22.0 Å². The van der Waals surface area contributed by atoms with Crippen molar-refractivity contribution in [2.75, 3.05) is 18.1 Å². The van der Waals surface area contributed by atoms with Crippen LogP contribution in [0.3, 0.4) is 0 Å². The monoisotopic (exact) mass is 334 g/mol. The molecule has 0 bridgehead atoms. The summed E-state index contributed by atoms with van der Waals surface area (Å²) in [5.41, 5.74) is 0.181. The van der Waals surface area contributed by atoms with Gasteiger partial charge in [-0.3, -0.25) is 0 Å². The third-order valence-corrected chi connectivity index (χ3v) is 4.90. The second kappa shape index (κ2) is 8.07. The van der Waals surface area contributed by atoms with E-state index < -0.39 is 33.5 Å². The quantitative estimate of drug-likeness (QED) is 0.802. The molecular formula is C14H20F2N2O3S. The van der Waals surface area contributed by atoms with E-state index >= 15 is 0 Å². The van der Waals surface area contributed by atoms with Gasteiger partial charge < -0.3 is 10.6 Å². The predicted octanol–water partition coefficient (Wildman–Crippen LogP) is 2.15. The lowest BCUT2D eigenvalue weighted by Crippen LogP contribution is -2.40. The summed E-state index contributed by atoms with van der Waals surface area (Å²) in [5.74, 6) is -1.57. The van der Waals surface area contributed by atoms with Crippen molar-refractivity contribution >= 4 is 15.9 Å². The maximum Gasteiger partial charge on any atom is 0.315 e. The number of halogens is 2. The molecule has 1 atom stereocenters. The Bertz CT molecular complexity index is 621. The van der Waals surface area contributed by atoms with E-state index in [4.69, 9.17) is 0 Å². The first-order chi connectivity index (χ1) is 10.3. The summed E-state index contributed by atoms with van der Waals surface area (Å²) in [7, 11) is -3.16. The highest BCUT2D eigenvalue weighted by Gasteiger charge is 2.17. The van der Waals surface area contributed by atoms with Gasteiger partial charge >= 0.3 is 6.03 Å². The van der Waals surface area contributed by atoms with E-state index in [0.29, 0.717) is 6.42 Å². The van der Waals surface area contributed by atoms with Crippen LogP contribution < -0.4 is 10.6 Å². The van der Waals surface area contributed by atoms with Crippen LogP contribution in [-0.4, -0.2) is 32.5 Å². The Hall–Kier alpha value is -1.70. The van der Waals surface area contributed by atoms with Crippen molar-refractivity contribution in [2.24, 2.45) is 0 Å². The largest absolute Gasteiger partial charge is 0.337 e. The lowest BCUT2D eigenvalue weighted by Gasteiger charge is -2.18. The second-order valence-electron chi connectivity index (χ2n) is 4.76. The SMILES string of the molecule is CCC(NC(=O)NCCS(=O)(=O)CC)c1ccc(F)cc1F. The summed E-state index contributed by atoms with van der Waals surface area (Å²) >= 11 is 0. The molecule has 2 N–H and O–H groups in total. The normalized spacial score (nSPS) is 12.7. The highest BCUT2D eigenvalue weighted by atomic mass is 32.2. The summed E-state index contributed by atoms with van der Waals surface area (Å²) in [4.78, 5) is 11.7. The van der Waals surface area contributed by atoms with Gasteiger partial charge in [0.1, 0.15) is 11.6 Å². The Kier molecular flexibility index (Phi) is 6.73. The summed E-state index contributed by atoms with van der Waals surface area (Å²) in [6.07, 6.45) is 0.406. The molecule has 0 saturated carbocycles. The molecule has 0 fully saturated rings. The molecule has 5 nitrogen and oxygen atoms in total. The molecular weight excluding hydrogens is 314 g/mol. The van der Waals surface area contributed by atoms with E-state index in [-0.39, 0.29) is 23.6 Å². The van der Waals surface area contributed by atoms with Gasteiger partial charge in [-0.25, -0.2) is 22.0 Å². The highest BCUT2D eigenvalue weighted by molar-refractivity contribution is 7.91. The van der Waals surface area contributed by atoms with Crippen LogP contribution in [0, 0.1) is 11.6 Å². The zero-order valence-electron chi connectivity index (χ0n) is 12.5. The maximum absolute atomic E-state index is 13.7. The number of amides is 2. The Balaban J connectivity index is 2.61. The van der Waals surface area contributed by atoms with Crippen LogP contribution in [-0.2, 0) is 9.84 Å². The van der Waals surface area contributed by atoms with E-state index in [9.17, 15) is 22.0 Å². The first-order valence-corrected chi connectivity index (χ1v) is 8.81. The van der Waals surface area contributed by atoms with Crippen LogP contribution in [0.4, 0.5) is 13.6 Å². The predicted molar refractivity (Wildman–Crippen MR) is 80.3 cm³/mol. The molecule has 2 amide bonds. The second-order valence-corrected chi connectivity index (χ2v) is 7.24. The van der Waals surface area contributed by atoms with E-state index in [1.165, 1.54) is 13.0 Å². The van der Waals surface area contributed by atoms with Crippen LogP contribution in [0.1, 0.15) is 31.9 Å². The van der Waals surface area contributed by atoms with E-state index in [1.54, 1.807) is 6.92 Å². The Labute approximate surface area is 129 Å². The summed E-state index contributed by atoms with van der Waals surface area (Å²) < 4.78 is 49.2. The number of urea groups is 1. The standard InChI is InChI=1S/C14H20F2N2O3S/c1-3-13(11-6-5-10(15)9-12(11)16)18-14(19)17-7-8-22(20,21)4-2/h5-6,9,13H,3-4,7-8H2,1-2H3,(H2,17,18,19). The number of benzene rings is 1. The van der Waals surface area contributed by atoms with Gasteiger partial charge in [0.25, 0.3) is 0 Å². The third-order valence-electron chi connectivity index (χ3n) is 3.19. The molecule has 0 aliphatic heterocycles. The minimum absolute atomic E-state index is 0.00861. The smallest absolute Gasteiger partial charge is 0.315 e. The molecule has 0 heterocycles. The first-order valence-electron chi connectivity index (χ1n) is 6.98. The molecule has 124 valence electrons. The van der Waals surface area contributed by atoms with E-state index in [2.05, 4.69) is 10.6 Å². The minimum Gasteiger partial charge on any atom is -0.337 e. The lowest BCUT2D eigenvalue weighted by atomic mass is 10.0. The first kappa shape index (κ1) is 18.3. The van der Waals surface area contributed by atoms with E-state index in [1.807, 2.05) is 0 Å². The number of carbonyl (C=O) groups excluding carboxylic acids is 1. The van der Waals surface area contributed by atoms with Crippen LogP contribution in [0.25, 0.3) is 0 Å². The lowest BCUT2D eigenvalue weighted by molar-refractivity contribution is 0.237. The average molecular weight is 334 g/mol. The highest BCUT2D eigenvalue weighted by Crippen LogP contribution is 2.20. The molecule has 0 radical (unpaired) electrons. The minimum atomic E-state index is -3.16. The molecule has 8 heteroatoms. The number of rotatable bonds is 7. The van der Waals surface area contributed by atoms with Gasteiger partial charge in [0.05, 0.1) is 11.8 Å². The maximum atomic E-state index is 13.7. The molecule has 1 rings (SSSR count). The summed E-state index contributed by atoms with van der Waals surface area (Å²) in [6.45, 7) is 3.25. The van der Waals surface area contributed by atoms with Crippen molar-refractivity contribution in [1.82, 2.24) is 10.6 Å². The van der Waals surface area contributed by atoms with Gasteiger partial charge in [-0.1, -0.05) is 19.9 Å². The zero-order valence-corrected chi connectivity index (χ0v) is 13.3. The molecule has 0 spiro atoms. The zero-order chi connectivity index (χ0) is 16.8. The molecule has 22 heavy (non-hydrogen) atoms. The number of hydrogen-bond acceptors (Lipinski definition) is 3. The number of sulfone groups is 1. The van der Waals surface area contributed by atoms with Crippen molar-refractivity contribution in [3.8, 4) is 0 Å². The Morgan fingerprint density at radius 3 is 2.50 bits per heavy atom.